The first-order valence-corrected chi connectivity index (χ1v) is 8.75. The largest absolute Gasteiger partial charge is 0.335 e. The molecular formula is C16H22N2OS. The molecule has 3 nitrogen and oxygen atoms in total. The van der Waals surface area contributed by atoms with Gasteiger partial charge in [0.15, 0.2) is 0 Å². The number of carbonyl (C=O) groups is 1. The van der Waals surface area contributed by atoms with Crippen molar-refractivity contribution in [3.05, 3.63) is 22.4 Å². The second-order valence-corrected chi connectivity index (χ2v) is 7.48. The molecule has 1 N–H and O–H groups in total. The zero-order chi connectivity index (χ0) is 13.6. The molecule has 20 heavy (non-hydrogen) atoms. The molecule has 0 aromatic carbocycles. The Morgan fingerprint density at radius 3 is 2.85 bits per heavy atom. The molecule has 2 aliphatic carbocycles. The van der Waals surface area contributed by atoms with Gasteiger partial charge in [0, 0.05) is 18.5 Å². The number of hydrogen-bond acceptors (Lipinski definition) is 3. The first-order valence-electron chi connectivity index (χ1n) is 7.81. The predicted octanol–water partition coefficient (Wildman–Crippen LogP) is 2.63. The maximum Gasteiger partial charge on any atom is 0.226 e. The van der Waals surface area contributed by atoms with E-state index < -0.39 is 0 Å². The number of nitrogens with one attached hydrogen (secondary N) is 1. The van der Waals surface area contributed by atoms with Crippen LogP contribution in [0.2, 0.25) is 0 Å². The molecule has 2 heterocycles. The summed E-state index contributed by atoms with van der Waals surface area (Å²) in [4.78, 5) is 15.1. The van der Waals surface area contributed by atoms with Crippen LogP contribution in [0.5, 0.6) is 0 Å². The Bertz CT molecular complexity index is 489. The second-order valence-electron chi connectivity index (χ2n) is 6.70. The Balaban J connectivity index is 1.45. The average Bonchev–Trinajstić information content (AvgIpc) is 3.37. The van der Waals surface area contributed by atoms with Crippen molar-refractivity contribution in [2.75, 3.05) is 13.1 Å². The summed E-state index contributed by atoms with van der Waals surface area (Å²) in [5, 5.41) is 7.70. The summed E-state index contributed by atoms with van der Waals surface area (Å²) in [6.45, 7) is 3.02. The fraction of sp³-hybridized carbons (Fsp3) is 0.688. The molecule has 3 aliphatic rings. The van der Waals surface area contributed by atoms with Gasteiger partial charge in [0.1, 0.15) is 0 Å². The van der Waals surface area contributed by atoms with E-state index in [4.69, 9.17) is 0 Å². The topological polar surface area (TPSA) is 32.3 Å². The van der Waals surface area contributed by atoms with Gasteiger partial charge in [0.25, 0.3) is 0 Å². The first-order chi connectivity index (χ1) is 9.78. The fourth-order valence-electron chi connectivity index (χ4n) is 3.73. The minimum atomic E-state index is 0.323. The molecule has 4 heteroatoms. The van der Waals surface area contributed by atoms with Crippen LogP contribution < -0.4 is 5.32 Å². The van der Waals surface area contributed by atoms with Gasteiger partial charge in [-0.05, 0) is 73.0 Å². The molecule has 0 radical (unpaired) electrons. The summed E-state index contributed by atoms with van der Waals surface area (Å²) < 4.78 is 0. The third kappa shape index (κ3) is 2.29. The highest BCUT2D eigenvalue weighted by Gasteiger charge is 2.59. The van der Waals surface area contributed by atoms with Crippen molar-refractivity contribution in [2.24, 2.45) is 11.3 Å². The average molecular weight is 290 g/mol. The predicted molar refractivity (Wildman–Crippen MR) is 80.5 cm³/mol. The number of rotatable bonds is 4. The van der Waals surface area contributed by atoms with Crippen molar-refractivity contribution >= 4 is 17.2 Å². The molecule has 1 atom stereocenters. The van der Waals surface area contributed by atoms with Crippen LogP contribution in [0.15, 0.2) is 16.8 Å². The lowest BCUT2D eigenvalue weighted by Gasteiger charge is -2.27. The molecule has 2 saturated carbocycles. The van der Waals surface area contributed by atoms with Crippen LogP contribution in [-0.4, -0.2) is 29.9 Å². The Labute approximate surface area is 124 Å². The van der Waals surface area contributed by atoms with Crippen molar-refractivity contribution in [1.82, 2.24) is 10.2 Å². The van der Waals surface area contributed by atoms with Gasteiger partial charge < -0.3 is 10.2 Å². The molecule has 1 aliphatic heterocycles. The highest BCUT2D eigenvalue weighted by Crippen LogP contribution is 2.59. The standard InChI is InChI=1S/C16H22N2OS/c19-15(14-9-16(14)4-6-17-7-5-16)18(13-1-2-13)10-12-3-8-20-11-12/h3,8,11,13-14,17H,1-2,4-7,9-10H2. The van der Waals surface area contributed by atoms with Crippen LogP contribution in [0.25, 0.3) is 0 Å². The van der Waals surface area contributed by atoms with Gasteiger partial charge in [-0.2, -0.15) is 11.3 Å². The Kier molecular flexibility index (Phi) is 3.11. The zero-order valence-electron chi connectivity index (χ0n) is 11.8. The third-order valence-electron chi connectivity index (χ3n) is 5.29. The van der Waals surface area contributed by atoms with Gasteiger partial charge in [0.2, 0.25) is 5.91 Å². The molecule has 3 fully saturated rings. The van der Waals surface area contributed by atoms with Gasteiger partial charge in [-0.15, -0.1) is 0 Å². The molecule has 1 saturated heterocycles. The molecule has 4 rings (SSSR count). The van der Waals surface area contributed by atoms with E-state index in [0.29, 0.717) is 23.3 Å². The molecule has 1 aromatic rings. The summed E-state index contributed by atoms with van der Waals surface area (Å²) in [5.74, 6) is 0.768. The zero-order valence-corrected chi connectivity index (χ0v) is 12.6. The van der Waals surface area contributed by atoms with E-state index in [-0.39, 0.29) is 0 Å². The highest BCUT2D eigenvalue weighted by atomic mass is 32.1. The molecule has 1 unspecified atom stereocenters. The Morgan fingerprint density at radius 2 is 2.20 bits per heavy atom. The van der Waals surface area contributed by atoms with Crippen molar-refractivity contribution in [3.63, 3.8) is 0 Å². The lowest BCUT2D eigenvalue weighted by atomic mass is 9.91. The van der Waals surface area contributed by atoms with E-state index in [9.17, 15) is 4.79 Å². The van der Waals surface area contributed by atoms with Gasteiger partial charge >= 0.3 is 0 Å². The molecule has 1 amide bonds. The summed E-state index contributed by atoms with van der Waals surface area (Å²) >= 11 is 1.72. The van der Waals surface area contributed by atoms with E-state index in [2.05, 4.69) is 27.0 Å². The highest BCUT2D eigenvalue weighted by molar-refractivity contribution is 7.07. The SMILES string of the molecule is O=C(C1CC12CCNCC2)N(Cc1ccsc1)C1CC1. The van der Waals surface area contributed by atoms with E-state index >= 15 is 0 Å². The Morgan fingerprint density at radius 1 is 1.40 bits per heavy atom. The normalized spacial score (nSPS) is 27.5. The summed E-state index contributed by atoms with van der Waals surface area (Å²) in [6.07, 6.45) is 5.94. The van der Waals surface area contributed by atoms with E-state index in [1.165, 1.54) is 31.2 Å². The van der Waals surface area contributed by atoms with Gasteiger partial charge in [0.05, 0.1) is 0 Å². The summed E-state index contributed by atoms with van der Waals surface area (Å²) in [5.41, 5.74) is 1.67. The number of amides is 1. The van der Waals surface area contributed by atoms with Crippen LogP contribution in [0, 0.1) is 11.3 Å². The van der Waals surface area contributed by atoms with Gasteiger partial charge in [-0.25, -0.2) is 0 Å². The third-order valence-corrected chi connectivity index (χ3v) is 6.02. The molecule has 108 valence electrons. The van der Waals surface area contributed by atoms with Crippen molar-refractivity contribution in [3.8, 4) is 0 Å². The van der Waals surface area contributed by atoms with Gasteiger partial charge in [-0.3, -0.25) is 4.79 Å². The van der Waals surface area contributed by atoms with E-state index in [1.807, 2.05) is 0 Å². The first kappa shape index (κ1) is 12.8. The summed E-state index contributed by atoms with van der Waals surface area (Å²) in [6, 6.07) is 2.68. The second kappa shape index (κ2) is 4.85. The van der Waals surface area contributed by atoms with Gasteiger partial charge in [-0.1, -0.05) is 0 Å². The molecular weight excluding hydrogens is 268 g/mol. The monoisotopic (exact) mass is 290 g/mol. The van der Waals surface area contributed by atoms with Crippen LogP contribution in [0.3, 0.4) is 0 Å². The lowest BCUT2D eigenvalue weighted by Crippen LogP contribution is -2.37. The fourth-order valence-corrected chi connectivity index (χ4v) is 4.39. The number of hydrogen-bond donors (Lipinski definition) is 1. The van der Waals surface area contributed by atoms with Crippen LogP contribution in [-0.2, 0) is 11.3 Å². The number of piperidine rings is 1. The Hall–Kier alpha value is -0.870. The maximum atomic E-state index is 12.9. The molecule has 0 bridgehead atoms. The minimum Gasteiger partial charge on any atom is -0.335 e. The lowest BCUT2D eigenvalue weighted by molar-refractivity contribution is -0.134. The molecule has 1 spiro atoms. The van der Waals surface area contributed by atoms with Crippen molar-refractivity contribution in [2.45, 2.75) is 44.7 Å². The van der Waals surface area contributed by atoms with Crippen LogP contribution in [0.4, 0.5) is 0 Å². The summed E-state index contributed by atoms with van der Waals surface area (Å²) in [7, 11) is 0. The maximum absolute atomic E-state index is 12.9. The minimum absolute atomic E-state index is 0.323. The van der Waals surface area contributed by atoms with Crippen LogP contribution >= 0.6 is 11.3 Å². The molecule has 1 aromatic heterocycles. The smallest absolute Gasteiger partial charge is 0.226 e. The number of thiophene rings is 1. The van der Waals surface area contributed by atoms with Crippen molar-refractivity contribution in [1.29, 1.82) is 0 Å². The van der Waals surface area contributed by atoms with E-state index in [1.54, 1.807) is 11.3 Å². The quantitative estimate of drug-likeness (QED) is 0.924. The van der Waals surface area contributed by atoms with Crippen molar-refractivity contribution < 1.29 is 4.79 Å². The van der Waals surface area contributed by atoms with E-state index in [0.717, 1.165) is 26.1 Å². The number of nitrogens with zero attached hydrogens (tertiary/aromatic N) is 1. The number of carbonyl (C=O) groups excluding carboxylic acids is 1. The van der Waals surface area contributed by atoms with Crippen LogP contribution in [0.1, 0.15) is 37.7 Å².